The van der Waals surface area contributed by atoms with Gasteiger partial charge in [-0.05, 0) is 83.5 Å². The van der Waals surface area contributed by atoms with E-state index in [0.717, 1.165) is 109 Å². The highest BCUT2D eigenvalue weighted by atomic mass is 16.7. The van der Waals surface area contributed by atoms with Gasteiger partial charge in [0.1, 0.15) is 18.8 Å². The number of unbranched alkanes of at least 4 members (excludes halogenated alkanes) is 32. The molecule has 1 saturated heterocycles. The predicted octanol–water partition coefficient (Wildman–Crippen LogP) is 16.6. The Morgan fingerprint density at radius 1 is 0.429 bits per heavy atom. The Labute approximate surface area is 469 Å². The van der Waals surface area contributed by atoms with Gasteiger partial charge in [0.25, 0.3) is 0 Å². The number of aliphatic carboxylic acids is 1. The maximum atomic E-state index is 13.2. The lowest BCUT2D eigenvalue weighted by Crippen LogP contribution is -2.61. The number of aliphatic hydroxyl groups excluding tert-OH is 2. The summed E-state index contributed by atoms with van der Waals surface area (Å²) in [5.74, 6) is -3.12. The minimum absolute atomic E-state index is 0.0514. The molecule has 1 aliphatic heterocycles. The first-order valence-corrected chi connectivity index (χ1v) is 31.6. The highest BCUT2D eigenvalue weighted by Gasteiger charge is 2.50. The molecule has 0 aliphatic carbocycles. The Hall–Kier alpha value is -3.32. The molecule has 1 heterocycles. The first-order valence-electron chi connectivity index (χ1n) is 31.6. The van der Waals surface area contributed by atoms with E-state index in [0.29, 0.717) is 19.3 Å². The summed E-state index contributed by atoms with van der Waals surface area (Å²) >= 11 is 0. The number of ether oxygens (including phenoxy) is 5. The molecule has 0 spiro atoms. The molecule has 12 heteroatoms. The molecule has 0 bridgehead atoms. The van der Waals surface area contributed by atoms with Crippen LogP contribution in [0.25, 0.3) is 0 Å². The van der Waals surface area contributed by atoms with Crippen LogP contribution in [0.1, 0.15) is 290 Å². The third kappa shape index (κ3) is 43.2. The first kappa shape index (κ1) is 71.7. The van der Waals surface area contributed by atoms with Crippen molar-refractivity contribution in [1.82, 2.24) is 0 Å². The molecular weight excluding hydrogens is 973 g/mol. The van der Waals surface area contributed by atoms with Crippen LogP contribution in [0.3, 0.4) is 0 Å². The van der Waals surface area contributed by atoms with Gasteiger partial charge in [-0.15, -0.1) is 0 Å². The van der Waals surface area contributed by atoms with Gasteiger partial charge in [0.2, 0.25) is 0 Å². The van der Waals surface area contributed by atoms with Gasteiger partial charge in [0.05, 0.1) is 6.61 Å². The van der Waals surface area contributed by atoms with E-state index in [2.05, 4.69) is 69.4 Å². The zero-order chi connectivity index (χ0) is 56.1. The van der Waals surface area contributed by atoms with Crippen molar-refractivity contribution in [3.63, 3.8) is 0 Å². The molecule has 1 fully saturated rings. The standard InChI is InChI=1S/C65H114O12/c1-4-7-10-13-16-19-22-25-27-28-29-30-32-34-36-39-42-45-48-51-57(66)73-54-56(75-58(67)52-49-46-43-40-37-33-24-21-18-15-12-9-6-3)55-74-65-63(61(70)60(69)62(77-65)64(71)72)76-59(68)53-50-47-44-41-38-35-31-26-23-20-17-14-11-8-5-2/h16,19,25-27,29-31,56,60-63,65,69-70H,4-15,17-18,20-24,28,32-55H2,1-3H3,(H,71,72)/b19-16-,27-25-,30-29-,31-26-. The summed E-state index contributed by atoms with van der Waals surface area (Å²) in [5.41, 5.74) is 0. The average Bonchev–Trinajstić information content (AvgIpc) is 3.42. The molecule has 0 aromatic carbocycles. The Morgan fingerprint density at radius 2 is 0.779 bits per heavy atom. The van der Waals surface area contributed by atoms with Crippen molar-refractivity contribution in [2.45, 2.75) is 327 Å². The fourth-order valence-corrected chi connectivity index (χ4v) is 9.49. The topological polar surface area (TPSA) is 175 Å². The Bertz CT molecular complexity index is 1520. The minimum atomic E-state index is -1.91. The van der Waals surface area contributed by atoms with Crippen LogP contribution in [0.15, 0.2) is 48.6 Å². The third-order valence-electron chi connectivity index (χ3n) is 14.4. The van der Waals surface area contributed by atoms with E-state index in [4.69, 9.17) is 23.7 Å². The summed E-state index contributed by atoms with van der Waals surface area (Å²) in [5, 5.41) is 31.5. The minimum Gasteiger partial charge on any atom is -0.479 e. The van der Waals surface area contributed by atoms with E-state index in [1.54, 1.807) is 0 Å². The van der Waals surface area contributed by atoms with Crippen LogP contribution in [-0.2, 0) is 42.9 Å². The number of hydrogen-bond acceptors (Lipinski definition) is 11. The molecule has 0 radical (unpaired) electrons. The van der Waals surface area contributed by atoms with Crippen LogP contribution in [0, 0.1) is 0 Å². The van der Waals surface area contributed by atoms with Crippen molar-refractivity contribution in [1.29, 1.82) is 0 Å². The van der Waals surface area contributed by atoms with Gasteiger partial charge in [0.15, 0.2) is 24.6 Å². The van der Waals surface area contributed by atoms with Gasteiger partial charge in [-0.3, -0.25) is 14.4 Å². The summed E-state index contributed by atoms with van der Waals surface area (Å²) in [6.07, 6.45) is 52.1. The molecule has 12 nitrogen and oxygen atoms in total. The SMILES string of the molecule is CCCCC/C=C\C/C=C\C/C=C\CCCCCCCCC(=O)OCC(COC1OC(C(=O)O)C(O)C(O)C1OC(=O)CCCCCCC/C=C\CCCCCCCC)OC(=O)CCCCCCCCCCCCCCC. The van der Waals surface area contributed by atoms with Crippen molar-refractivity contribution in [2.24, 2.45) is 0 Å². The van der Waals surface area contributed by atoms with E-state index in [1.807, 2.05) is 0 Å². The number of aliphatic hydroxyl groups is 2. The number of carboxylic acid groups (broad SMARTS) is 1. The zero-order valence-corrected chi connectivity index (χ0v) is 49.2. The van der Waals surface area contributed by atoms with Crippen LogP contribution in [0.4, 0.5) is 0 Å². The Balaban J connectivity index is 2.66. The lowest BCUT2D eigenvalue weighted by Gasteiger charge is -2.40. The lowest BCUT2D eigenvalue weighted by molar-refractivity contribution is -0.301. The largest absolute Gasteiger partial charge is 0.479 e. The van der Waals surface area contributed by atoms with E-state index < -0.39 is 67.3 Å². The maximum absolute atomic E-state index is 13.2. The van der Waals surface area contributed by atoms with Crippen molar-refractivity contribution < 1.29 is 58.2 Å². The number of carbonyl (C=O) groups excluding carboxylic acids is 3. The fourth-order valence-electron chi connectivity index (χ4n) is 9.49. The summed E-state index contributed by atoms with van der Waals surface area (Å²) in [4.78, 5) is 51.2. The normalized spacial score (nSPS) is 18.3. The van der Waals surface area contributed by atoms with Gasteiger partial charge in [-0.25, -0.2) is 4.79 Å². The molecule has 0 aromatic heterocycles. The predicted molar refractivity (Wildman–Crippen MR) is 312 cm³/mol. The summed E-state index contributed by atoms with van der Waals surface area (Å²) in [7, 11) is 0. The van der Waals surface area contributed by atoms with Gasteiger partial charge < -0.3 is 39.0 Å². The number of esters is 3. The highest BCUT2D eigenvalue weighted by molar-refractivity contribution is 5.74. The summed E-state index contributed by atoms with van der Waals surface area (Å²) in [6, 6.07) is 0. The Kier molecular flexibility index (Phi) is 49.7. The fraction of sp³-hybridized carbons (Fsp3) is 0.815. The summed E-state index contributed by atoms with van der Waals surface area (Å²) < 4.78 is 28.5. The van der Waals surface area contributed by atoms with Crippen LogP contribution >= 0.6 is 0 Å². The molecule has 0 saturated carbocycles. The zero-order valence-electron chi connectivity index (χ0n) is 49.2. The van der Waals surface area contributed by atoms with Crippen LogP contribution < -0.4 is 0 Å². The van der Waals surface area contributed by atoms with Crippen LogP contribution in [-0.4, -0.2) is 89.2 Å². The number of carbonyl (C=O) groups is 4. The quantitative estimate of drug-likeness (QED) is 0.0228. The van der Waals surface area contributed by atoms with Crippen LogP contribution in [0.2, 0.25) is 0 Å². The number of carboxylic acids is 1. The second-order valence-corrected chi connectivity index (χ2v) is 21.7. The van der Waals surface area contributed by atoms with Crippen molar-refractivity contribution in [2.75, 3.05) is 13.2 Å². The van der Waals surface area contributed by atoms with Gasteiger partial charge >= 0.3 is 23.9 Å². The van der Waals surface area contributed by atoms with E-state index in [-0.39, 0.29) is 25.9 Å². The molecular formula is C65H114O12. The van der Waals surface area contributed by atoms with Crippen molar-refractivity contribution >= 4 is 23.9 Å². The molecule has 77 heavy (non-hydrogen) atoms. The second-order valence-electron chi connectivity index (χ2n) is 21.7. The Morgan fingerprint density at radius 3 is 1.22 bits per heavy atom. The smallest absolute Gasteiger partial charge is 0.335 e. The molecule has 0 amide bonds. The maximum Gasteiger partial charge on any atom is 0.335 e. The van der Waals surface area contributed by atoms with Gasteiger partial charge in [-0.2, -0.15) is 0 Å². The molecule has 0 aromatic rings. The van der Waals surface area contributed by atoms with Crippen molar-refractivity contribution in [3.05, 3.63) is 48.6 Å². The first-order chi connectivity index (χ1) is 37.6. The monoisotopic (exact) mass is 1090 g/mol. The number of allylic oxidation sites excluding steroid dienone is 8. The summed E-state index contributed by atoms with van der Waals surface area (Å²) in [6.45, 7) is 5.97. The second kappa shape index (κ2) is 53.3. The van der Waals surface area contributed by atoms with E-state index in [9.17, 15) is 34.5 Å². The molecule has 446 valence electrons. The number of rotatable bonds is 54. The van der Waals surface area contributed by atoms with Gasteiger partial charge in [0, 0.05) is 19.3 Å². The third-order valence-corrected chi connectivity index (χ3v) is 14.4. The van der Waals surface area contributed by atoms with Crippen LogP contribution in [0.5, 0.6) is 0 Å². The van der Waals surface area contributed by atoms with Crippen molar-refractivity contribution in [3.8, 4) is 0 Å². The lowest BCUT2D eigenvalue weighted by atomic mass is 9.98. The molecule has 6 atom stereocenters. The molecule has 3 N–H and O–H groups in total. The van der Waals surface area contributed by atoms with E-state index >= 15 is 0 Å². The molecule has 6 unspecified atom stereocenters. The molecule has 1 aliphatic rings. The van der Waals surface area contributed by atoms with Gasteiger partial charge in [-0.1, -0.05) is 236 Å². The highest BCUT2D eigenvalue weighted by Crippen LogP contribution is 2.27. The average molecular weight is 1090 g/mol. The number of hydrogen-bond donors (Lipinski definition) is 3. The van der Waals surface area contributed by atoms with E-state index in [1.165, 1.54) is 122 Å². The molecule has 1 rings (SSSR count).